The Morgan fingerprint density at radius 1 is 0.609 bits per heavy atom. The molecule has 3 heterocycles. The van der Waals surface area contributed by atoms with Crippen molar-refractivity contribution in [2.24, 2.45) is 5.92 Å². The number of nitrogens with one attached hydrogen (secondary N) is 3. The number of ketones is 1. The first kappa shape index (κ1) is 44.7. The van der Waals surface area contributed by atoms with Crippen LogP contribution >= 0.6 is 11.3 Å². The molecule has 3 amide bonds. The number of carbonyl (C=O) groups is 6. The van der Waals surface area contributed by atoms with Gasteiger partial charge in [0.15, 0.2) is 12.4 Å². The quantitative estimate of drug-likeness (QED) is 0.0831. The average Bonchev–Trinajstić information content (AvgIpc) is 3.83. The van der Waals surface area contributed by atoms with Crippen molar-refractivity contribution >= 4 is 46.8 Å². The summed E-state index contributed by atoms with van der Waals surface area (Å²) in [5.74, 6) is -4.67. The van der Waals surface area contributed by atoms with E-state index < -0.39 is 66.1 Å². The van der Waals surface area contributed by atoms with Crippen molar-refractivity contribution in [1.82, 2.24) is 16.0 Å². The summed E-state index contributed by atoms with van der Waals surface area (Å²) in [6, 6.07) is 39.7. The highest BCUT2D eigenvalue weighted by Gasteiger charge is 2.33. The SMILES string of the molecule is O=C1COc2ccc(cc2)C[C@@H](C(=O)O)CC(=O)[C@H](Cc2ccccc2)NC(=O)[C@H](Cc2ccc(-c3ccc(C(=O)OCc4ccccc4)cc3)cc2)NC(=O)[C@H](Cc2cccs2)N1. The topological polar surface area (TPSA) is 177 Å². The van der Waals surface area contributed by atoms with Crippen LogP contribution in [0.15, 0.2) is 151 Å². The van der Waals surface area contributed by atoms with Gasteiger partial charge in [-0.1, -0.05) is 115 Å². The third-order valence-electron chi connectivity index (χ3n) is 10.9. The first-order chi connectivity index (χ1) is 31.1. The van der Waals surface area contributed by atoms with Gasteiger partial charge in [0.25, 0.3) is 5.91 Å². The highest BCUT2D eigenvalue weighted by atomic mass is 32.1. The lowest BCUT2D eigenvalue weighted by atomic mass is 9.90. The van der Waals surface area contributed by atoms with Crippen molar-refractivity contribution < 1.29 is 43.3 Å². The van der Waals surface area contributed by atoms with E-state index in [1.54, 1.807) is 36.4 Å². The lowest BCUT2D eigenvalue weighted by Crippen LogP contribution is -2.57. The molecule has 0 radical (unpaired) electrons. The zero-order valence-electron chi connectivity index (χ0n) is 34.8. The molecular weight excluding hydrogens is 831 g/mol. The van der Waals surface area contributed by atoms with Crippen LogP contribution < -0.4 is 20.7 Å². The average molecular weight is 878 g/mol. The minimum Gasteiger partial charge on any atom is -0.484 e. The molecule has 4 N–H and O–H groups in total. The van der Waals surface area contributed by atoms with Crippen LogP contribution in [0.3, 0.4) is 0 Å². The number of fused-ring (bicyclic) bond motifs is 16. The number of thiophene rings is 1. The number of hydrogen-bond acceptors (Lipinski definition) is 9. The van der Waals surface area contributed by atoms with Crippen molar-refractivity contribution in [2.75, 3.05) is 6.61 Å². The molecule has 0 unspecified atom stereocenters. The first-order valence-corrected chi connectivity index (χ1v) is 21.8. The maximum atomic E-state index is 14.5. The highest BCUT2D eigenvalue weighted by Crippen LogP contribution is 2.23. The van der Waals surface area contributed by atoms with Crippen LogP contribution in [0, 0.1) is 5.92 Å². The van der Waals surface area contributed by atoms with Crippen molar-refractivity contribution in [3.05, 3.63) is 184 Å². The van der Waals surface area contributed by atoms with Crippen molar-refractivity contribution in [2.45, 2.75) is 56.8 Å². The van der Waals surface area contributed by atoms with Gasteiger partial charge in [-0.3, -0.25) is 24.0 Å². The highest BCUT2D eigenvalue weighted by molar-refractivity contribution is 7.09. The van der Waals surface area contributed by atoms with Gasteiger partial charge in [-0.05, 0) is 81.9 Å². The van der Waals surface area contributed by atoms with Gasteiger partial charge in [0.1, 0.15) is 24.4 Å². The first-order valence-electron chi connectivity index (χ1n) is 20.9. The summed E-state index contributed by atoms with van der Waals surface area (Å²) in [4.78, 5) is 82.2. The molecule has 0 spiro atoms. The van der Waals surface area contributed by atoms with Crippen LogP contribution in [0.5, 0.6) is 5.75 Å². The standard InChI is InChI=1S/C51H47N3O9S/c55-46-29-40(50(59)60)26-34-15-23-41(24-16-34)62-32-47(56)52-45(30-42-12-7-25-64-42)49(58)54-44(48(57)53-43(46)27-33-8-3-1-4-9-33)28-35-13-17-37(18-14-35)38-19-21-39(22-20-38)51(61)63-31-36-10-5-2-6-11-36/h1-25,40,43-45H,26-32H2,(H,52,56)(H,53,57)(H,54,58)(H,59,60)/t40-,43+,44+,45+/m1/s1. The molecule has 2 aliphatic heterocycles. The van der Waals surface area contributed by atoms with Crippen molar-refractivity contribution in [1.29, 1.82) is 0 Å². The Bertz CT molecular complexity index is 2530. The summed E-state index contributed by atoms with van der Waals surface area (Å²) >= 11 is 1.42. The lowest BCUT2D eigenvalue weighted by molar-refractivity contribution is -0.144. The Kier molecular flexibility index (Phi) is 15.1. The van der Waals surface area contributed by atoms with E-state index in [-0.39, 0.29) is 38.7 Å². The Balaban J connectivity index is 1.15. The van der Waals surface area contributed by atoms with Crippen LogP contribution in [0.25, 0.3) is 11.1 Å². The van der Waals surface area contributed by atoms with E-state index in [1.165, 1.54) is 11.3 Å². The fourth-order valence-electron chi connectivity index (χ4n) is 7.39. The van der Waals surface area contributed by atoms with E-state index in [2.05, 4.69) is 16.0 Å². The molecule has 6 aromatic rings. The summed E-state index contributed by atoms with van der Waals surface area (Å²) in [5, 5.41) is 20.6. The number of carboxylic acid groups (broad SMARTS) is 1. The minimum absolute atomic E-state index is 0.00476. The summed E-state index contributed by atoms with van der Waals surface area (Å²) in [7, 11) is 0. The number of benzene rings is 5. The molecule has 4 atom stereocenters. The third-order valence-corrected chi connectivity index (χ3v) is 11.8. The number of ether oxygens (including phenoxy) is 2. The van der Waals surface area contributed by atoms with E-state index in [0.717, 1.165) is 27.1 Å². The largest absolute Gasteiger partial charge is 0.484 e. The van der Waals surface area contributed by atoms with Gasteiger partial charge in [0.05, 0.1) is 17.5 Å². The molecule has 12 nitrogen and oxygen atoms in total. The zero-order valence-corrected chi connectivity index (χ0v) is 35.6. The number of aliphatic carboxylic acids is 1. The van der Waals surface area contributed by atoms with E-state index in [4.69, 9.17) is 9.47 Å². The second-order valence-corrected chi connectivity index (χ2v) is 16.6. The van der Waals surface area contributed by atoms with Crippen molar-refractivity contribution in [3.8, 4) is 16.9 Å². The van der Waals surface area contributed by atoms with E-state index in [9.17, 15) is 33.9 Å². The van der Waals surface area contributed by atoms with Gasteiger partial charge in [-0.25, -0.2) is 4.79 Å². The molecule has 2 aliphatic rings. The fraction of sp³-hybridized carbons (Fsp3) is 0.216. The molecular formula is C51H47N3O9S. The molecule has 326 valence electrons. The molecule has 64 heavy (non-hydrogen) atoms. The zero-order chi connectivity index (χ0) is 44.8. The summed E-state index contributed by atoms with van der Waals surface area (Å²) in [6.45, 7) is -0.246. The molecule has 13 heteroatoms. The molecule has 1 aromatic heterocycles. The maximum Gasteiger partial charge on any atom is 0.338 e. The van der Waals surface area contributed by atoms with Gasteiger partial charge in [-0.15, -0.1) is 11.3 Å². The third kappa shape index (κ3) is 12.6. The van der Waals surface area contributed by atoms with Gasteiger partial charge in [0, 0.05) is 24.1 Å². The molecule has 5 aromatic carbocycles. The van der Waals surface area contributed by atoms with Gasteiger partial charge in [-0.2, -0.15) is 0 Å². The smallest absolute Gasteiger partial charge is 0.338 e. The molecule has 2 bridgehead atoms. The number of amides is 3. The van der Waals surface area contributed by atoms with Crippen LogP contribution in [-0.2, 0) is 61.0 Å². The van der Waals surface area contributed by atoms with Gasteiger partial charge in [0.2, 0.25) is 11.8 Å². The predicted molar refractivity (Wildman–Crippen MR) is 241 cm³/mol. The fourth-order valence-corrected chi connectivity index (χ4v) is 8.14. The lowest BCUT2D eigenvalue weighted by Gasteiger charge is -2.26. The summed E-state index contributed by atoms with van der Waals surface area (Å²) in [6.07, 6.45) is -0.0911. The van der Waals surface area contributed by atoms with E-state index in [0.29, 0.717) is 22.4 Å². The minimum atomic E-state index is -1.22. The summed E-state index contributed by atoms with van der Waals surface area (Å²) in [5.41, 5.74) is 5.02. The Morgan fingerprint density at radius 2 is 1.19 bits per heavy atom. The Hall–Kier alpha value is -7.38. The number of rotatable bonds is 11. The van der Waals surface area contributed by atoms with Crippen LogP contribution in [0.2, 0.25) is 0 Å². The molecule has 0 saturated heterocycles. The van der Waals surface area contributed by atoms with Crippen LogP contribution in [-0.4, -0.2) is 65.3 Å². The Morgan fingerprint density at radius 3 is 1.81 bits per heavy atom. The normalized spacial score (nSPS) is 18.6. The Labute approximate surface area is 374 Å². The van der Waals surface area contributed by atoms with Crippen LogP contribution in [0.1, 0.15) is 43.9 Å². The van der Waals surface area contributed by atoms with Crippen LogP contribution in [0.4, 0.5) is 0 Å². The molecule has 0 aliphatic carbocycles. The number of carboxylic acids is 1. The maximum absolute atomic E-state index is 14.5. The van der Waals surface area contributed by atoms with E-state index in [1.807, 2.05) is 115 Å². The second-order valence-electron chi connectivity index (χ2n) is 15.6. The number of esters is 1. The monoisotopic (exact) mass is 877 g/mol. The molecule has 0 saturated carbocycles. The number of carbonyl (C=O) groups excluding carboxylic acids is 5. The number of hydrogen-bond donors (Lipinski definition) is 4. The van der Waals surface area contributed by atoms with E-state index >= 15 is 0 Å². The number of Topliss-reactive ketones (excluding diaryl/α,β-unsaturated/α-hetero) is 1. The molecule has 0 fully saturated rings. The van der Waals surface area contributed by atoms with Gasteiger partial charge < -0.3 is 30.5 Å². The molecule has 8 rings (SSSR count). The second kappa shape index (κ2) is 21.6. The van der Waals surface area contributed by atoms with Gasteiger partial charge >= 0.3 is 11.9 Å². The van der Waals surface area contributed by atoms with Crippen molar-refractivity contribution in [3.63, 3.8) is 0 Å². The summed E-state index contributed by atoms with van der Waals surface area (Å²) < 4.78 is 11.2. The predicted octanol–water partition coefficient (Wildman–Crippen LogP) is 6.55.